The number of amides is 1. The van der Waals surface area contributed by atoms with Crippen molar-refractivity contribution < 1.29 is 14.1 Å². The van der Waals surface area contributed by atoms with E-state index in [1.165, 1.54) is 0 Å². The van der Waals surface area contributed by atoms with Crippen molar-refractivity contribution >= 4 is 5.91 Å². The summed E-state index contributed by atoms with van der Waals surface area (Å²) in [5, 5.41) is 4.17. The molecule has 3 aromatic rings. The molecule has 0 bridgehead atoms. The van der Waals surface area contributed by atoms with Crippen LogP contribution in [-0.4, -0.2) is 41.1 Å². The summed E-state index contributed by atoms with van der Waals surface area (Å²) in [7, 11) is 1.63. The Kier molecular flexibility index (Phi) is 4.87. The molecule has 0 atom stereocenters. The molecule has 4 rings (SSSR count). The minimum atomic E-state index is 0.0826. The predicted octanol–water partition coefficient (Wildman–Crippen LogP) is 3.77. The first kappa shape index (κ1) is 17.3. The van der Waals surface area contributed by atoms with E-state index in [1.54, 1.807) is 7.11 Å². The molecule has 0 aliphatic carbocycles. The van der Waals surface area contributed by atoms with Crippen LogP contribution in [0.1, 0.15) is 34.9 Å². The molecule has 2 aromatic carbocycles. The Morgan fingerprint density at radius 1 is 1.11 bits per heavy atom. The molecule has 138 valence electrons. The molecule has 0 saturated carbocycles. The Morgan fingerprint density at radius 2 is 1.89 bits per heavy atom. The second-order valence-electron chi connectivity index (χ2n) is 6.62. The van der Waals surface area contributed by atoms with Crippen LogP contribution < -0.4 is 4.74 Å². The summed E-state index contributed by atoms with van der Waals surface area (Å²) in [5.74, 6) is 2.23. The quantitative estimate of drug-likeness (QED) is 0.706. The van der Waals surface area contributed by atoms with Crippen molar-refractivity contribution in [2.75, 3.05) is 20.2 Å². The highest BCUT2D eigenvalue weighted by atomic mass is 16.5. The third kappa shape index (κ3) is 3.69. The number of carbonyl (C=O) groups is 1. The molecular weight excluding hydrogens is 342 g/mol. The zero-order valence-corrected chi connectivity index (χ0v) is 15.2. The second kappa shape index (κ2) is 7.61. The maximum atomic E-state index is 12.6. The van der Waals surface area contributed by atoms with Crippen LogP contribution in [0.2, 0.25) is 0 Å². The number of aromatic nitrogens is 2. The van der Waals surface area contributed by atoms with E-state index in [9.17, 15) is 4.79 Å². The zero-order chi connectivity index (χ0) is 18.6. The molecule has 0 spiro atoms. The van der Waals surface area contributed by atoms with Crippen molar-refractivity contribution in [2.45, 2.75) is 18.8 Å². The van der Waals surface area contributed by atoms with Gasteiger partial charge in [-0.15, -0.1) is 0 Å². The average Bonchev–Trinajstić information content (AvgIpc) is 3.24. The molecule has 0 radical (unpaired) electrons. The Labute approximate surface area is 157 Å². The minimum absolute atomic E-state index is 0.0826. The summed E-state index contributed by atoms with van der Waals surface area (Å²) in [6.07, 6.45) is 1.66. The smallest absolute Gasteiger partial charge is 0.258 e. The van der Waals surface area contributed by atoms with Crippen LogP contribution in [0.3, 0.4) is 0 Å². The van der Waals surface area contributed by atoms with Crippen LogP contribution in [-0.2, 0) is 0 Å². The van der Waals surface area contributed by atoms with Crippen LogP contribution in [0.4, 0.5) is 0 Å². The summed E-state index contributed by atoms with van der Waals surface area (Å²) < 4.78 is 10.7. The van der Waals surface area contributed by atoms with Gasteiger partial charge in [0.2, 0.25) is 0 Å². The number of rotatable bonds is 4. The third-order valence-electron chi connectivity index (χ3n) is 4.93. The van der Waals surface area contributed by atoms with Crippen LogP contribution in [0, 0.1) is 0 Å². The van der Waals surface area contributed by atoms with Gasteiger partial charge in [-0.1, -0.05) is 29.4 Å². The number of hydrogen-bond acceptors (Lipinski definition) is 5. The van der Waals surface area contributed by atoms with E-state index >= 15 is 0 Å². The van der Waals surface area contributed by atoms with Gasteiger partial charge in [0, 0.05) is 30.1 Å². The lowest BCUT2D eigenvalue weighted by Gasteiger charge is -2.30. The molecule has 1 aromatic heterocycles. The lowest BCUT2D eigenvalue weighted by Crippen LogP contribution is -2.38. The van der Waals surface area contributed by atoms with Crippen molar-refractivity contribution in [3.63, 3.8) is 0 Å². The summed E-state index contributed by atoms with van der Waals surface area (Å²) >= 11 is 0. The van der Waals surface area contributed by atoms with Gasteiger partial charge >= 0.3 is 0 Å². The molecule has 0 N–H and O–H groups in total. The number of likely N-dealkylation sites (tertiary alicyclic amines) is 1. The Balaban J connectivity index is 1.41. The van der Waals surface area contributed by atoms with E-state index in [2.05, 4.69) is 10.1 Å². The van der Waals surface area contributed by atoms with Crippen molar-refractivity contribution in [1.29, 1.82) is 0 Å². The van der Waals surface area contributed by atoms with Crippen LogP contribution in [0.5, 0.6) is 5.75 Å². The highest BCUT2D eigenvalue weighted by Gasteiger charge is 2.27. The molecule has 6 nitrogen and oxygen atoms in total. The first-order chi connectivity index (χ1) is 13.2. The largest absolute Gasteiger partial charge is 0.497 e. The maximum absolute atomic E-state index is 12.6. The fraction of sp³-hybridized carbons (Fsp3) is 0.286. The lowest BCUT2D eigenvalue weighted by atomic mass is 9.95. The minimum Gasteiger partial charge on any atom is -0.497 e. The highest BCUT2D eigenvalue weighted by molar-refractivity contribution is 5.94. The molecule has 1 aliphatic heterocycles. The van der Waals surface area contributed by atoms with Crippen LogP contribution in [0.25, 0.3) is 11.5 Å². The monoisotopic (exact) mass is 363 g/mol. The maximum Gasteiger partial charge on any atom is 0.258 e. The fourth-order valence-corrected chi connectivity index (χ4v) is 3.38. The first-order valence-electron chi connectivity index (χ1n) is 9.07. The number of benzene rings is 2. The van der Waals surface area contributed by atoms with E-state index in [-0.39, 0.29) is 11.8 Å². The Bertz CT molecular complexity index is 915. The van der Waals surface area contributed by atoms with Crippen molar-refractivity contribution in [2.24, 2.45) is 0 Å². The van der Waals surface area contributed by atoms with Gasteiger partial charge in [0.1, 0.15) is 5.75 Å². The number of ether oxygens (including phenoxy) is 1. The van der Waals surface area contributed by atoms with Gasteiger partial charge in [-0.2, -0.15) is 4.98 Å². The number of carbonyl (C=O) groups excluding carboxylic acids is 1. The van der Waals surface area contributed by atoms with E-state index in [1.807, 2.05) is 59.5 Å². The fourth-order valence-electron chi connectivity index (χ4n) is 3.38. The molecule has 0 unspecified atom stereocenters. The second-order valence-corrected chi connectivity index (χ2v) is 6.62. The average molecular weight is 363 g/mol. The topological polar surface area (TPSA) is 68.5 Å². The first-order valence-corrected chi connectivity index (χ1v) is 9.07. The number of hydrogen-bond donors (Lipinski definition) is 0. The molecule has 27 heavy (non-hydrogen) atoms. The van der Waals surface area contributed by atoms with Crippen molar-refractivity contribution in [3.8, 4) is 17.2 Å². The summed E-state index contributed by atoms with van der Waals surface area (Å²) in [5.41, 5.74) is 1.57. The molecule has 1 aliphatic rings. The summed E-state index contributed by atoms with van der Waals surface area (Å²) in [6, 6.07) is 17.0. The van der Waals surface area contributed by atoms with E-state index in [0.717, 1.165) is 29.7 Å². The van der Waals surface area contributed by atoms with Gasteiger partial charge in [-0.25, -0.2) is 0 Å². The van der Waals surface area contributed by atoms with E-state index in [4.69, 9.17) is 9.26 Å². The Hall–Kier alpha value is -3.15. The van der Waals surface area contributed by atoms with Gasteiger partial charge in [0.25, 0.3) is 11.8 Å². The standard InChI is InChI=1S/C21H21N3O3/c1-26-18-9-5-8-17(14-18)20-22-19(23-27-20)15-10-12-24(13-11-15)21(25)16-6-3-2-4-7-16/h2-9,14-15H,10-13H2,1H3. The van der Waals surface area contributed by atoms with Crippen LogP contribution >= 0.6 is 0 Å². The van der Waals surface area contributed by atoms with Crippen molar-refractivity contribution in [3.05, 3.63) is 66.0 Å². The normalized spacial score (nSPS) is 14.9. The van der Waals surface area contributed by atoms with E-state index < -0.39 is 0 Å². The number of nitrogens with zero attached hydrogens (tertiary/aromatic N) is 3. The van der Waals surface area contributed by atoms with Gasteiger partial charge in [0.05, 0.1) is 7.11 Å². The van der Waals surface area contributed by atoms with Gasteiger partial charge in [-0.3, -0.25) is 4.79 Å². The van der Waals surface area contributed by atoms with Gasteiger partial charge in [-0.05, 0) is 43.2 Å². The summed E-state index contributed by atoms with van der Waals surface area (Å²) in [6.45, 7) is 1.39. The summed E-state index contributed by atoms with van der Waals surface area (Å²) in [4.78, 5) is 19.0. The number of piperidine rings is 1. The number of methoxy groups -OCH3 is 1. The van der Waals surface area contributed by atoms with Gasteiger partial charge in [0.15, 0.2) is 5.82 Å². The van der Waals surface area contributed by atoms with E-state index in [0.29, 0.717) is 24.8 Å². The van der Waals surface area contributed by atoms with Crippen molar-refractivity contribution in [1.82, 2.24) is 15.0 Å². The molecule has 2 heterocycles. The SMILES string of the molecule is COc1cccc(-c2nc(C3CCN(C(=O)c4ccccc4)CC3)no2)c1. The van der Waals surface area contributed by atoms with Crippen LogP contribution in [0.15, 0.2) is 59.1 Å². The van der Waals surface area contributed by atoms with Gasteiger partial charge < -0.3 is 14.2 Å². The Morgan fingerprint density at radius 3 is 2.63 bits per heavy atom. The zero-order valence-electron chi connectivity index (χ0n) is 15.2. The molecule has 1 amide bonds. The molecule has 1 saturated heterocycles. The predicted molar refractivity (Wildman–Crippen MR) is 101 cm³/mol. The molecule has 1 fully saturated rings. The lowest BCUT2D eigenvalue weighted by molar-refractivity contribution is 0.0710. The highest BCUT2D eigenvalue weighted by Crippen LogP contribution is 2.29. The molecule has 6 heteroatoms. The molecular formula is C21H21N3O3. The third-order valence-corrected chi connectivity index (χ3v) is 4.93.